The van der Waals surface area contributed by atoms with Gasteiger partial charge in [0.15, 0.2) is 0 Å². The Labute approximate surface area is 133 Å². The topological polar surface area (TPSA) is 58.6 Å². The van der Waals surface area contributed by atoms with E-state index in [1.165, 1.54) is 6.42 Å². The Kier molecular flexibility index (Phi) is 6.83. The van der Waals surface area contributed by atoms with Crippen LogP contribution >= 0.6 is 0 Å². The van der Waals surface area contributed by atoms with E-state index < -0.39 is 5.91 Å². The third-order valence-electron chi connectivity index (χ3n) is 4.66. The van der Waals surface area contributed by atoms with Gasteiger partial charge in [-0.2, -0.15) is 0 Å². The lowest BCUT2D eigenvalue weighted by molar-refractivity contribution is -0.138. The second-order valence-corrected chi connectivity index (χ2v) is 7.08. The Morgan fingerprint density at radius 1 is 1.23 bits per heavy atom. The SMILES string of the molecule is CC(C)CC(=O)C(=O)NC[C@H]1CCCN(C2CCOCC2)C1. The Hall–Kier alpha value is -0.940. The number of amides is 1. The minimum Gasteiger partial charge on any atom is -0.381 e. The quantitative estimate of drug-likeness (QED) is 0.757. The minimum absolute atomic E-state index is 0.233. The van der Waals surface area contributed by atoms with Crippen molar-refractivity contribution in [2.75, 3.05) is 32.8 Å². The summed E-state index contributed by atoms with van der Waals surface area (Å²) in [6.45, 7) is 8.46. The molecule has 22 heavy (non-hydrogen) atoms. The number of carbonyl (C=O) groups excluding carboxylic acids is 2. The number of Topliss-reactive ketones (excluding diaryl/α,β-unsaturated/α-hetero) is 1. The molecule has 0 bridgehead atoms. The highest BCUT2D eigenvalue weighted by atomic mass is 16.5. The summed E-state index contributed by atoms with van der Waals surface area (Å²) in [4.78, 5) is 26.1. The Balaban J connectivity index is 1.73. The molecule has 5 nitrogen and oxygen atoms in total. The van der Waals surface area contributed by atoms with Crippen molar-refractivity contribution in [2.24, 2.45) is 11.8 Å². The number of nitrogens with zero attached hydrogens (tertiary/aromatic N) is 1. The van der Waals surface area contributed by atoms with E-state index in [9.17, 15) is 9.59 Å². The van der Waals surface area contributed by atoms with Crippen LogP contribution < -0.4 is 5.32 Å². The zero-order valence-corrected chi connectivity index (χ0v) is 14.0. The summed E-state index contributed by atoms with van der Waals surface area (Å²) >= 11 is 0. The Morgan fingerprint density at radius 2 is 1.95 bits per heavy atom. The third kappa shape index (κ3) is 5.36. The fraction of sp³-hybridized carbons (Fsp3) is 0.882. The van der Waals surface area contributed by atoms with Gasteiger partial charge in [0.25, 0.3) is 5.91 Å². The summed E-state index contributed by atoms with van der Waals surface area (Å²) < 4.78 is 5.43. The molecule has 1 N–H and O–H groups in total. The number of likely N-dealkylation sites (tertiary alicyclic amines) is 1. The van der Waals surface area contributed by atoms with Gasteiger partial charge in [-0.25, -0.2) is 0 Å². The highest BCUT2D eigenvalue weighted by Gasteiger charge is 2.27. The molecular weight excluding hydrogens is 280 g/mol. The highest BCUT2D eigenvalue weighted by Crippen LogP contribution is 2.22. The molecule has 2 aliphatic heterocycles. The number of ketones is 1. The molecule has 0 aromatic heterocycles. The van der Waals surface area contributed by atoms with Crippen LogP contribution in [0.25, 0.3) is 0 Å². The second-order valence-electron chi connectivity index (χ2n) is 7.08. The average molecular weight is 310 g/mol. The van der Waals surface area contributed by atoms with Crippen LogP contribution in [0.3, 0.4) is 0 Å². The molecular formula is C17H30N2O3. The molecule has 126 valence electrons. The predicted octanol–water partition coefficient (Wildman–Crippen LogP) is 1.61. The highest BCUT2D eigenvalue weighted by molar-refractivity contribution is 6.36. The lowest BCUT2D eigenvalue weighted by Crippen LogP contribution is -2.48. The molecule has 2 saturated heterocycles. The first-order valence-corrected chi connectivity index (χ1v) is 8.69. The summed E-state index contributed by atoms with van der Waals surface area (Å²) in [5.74, 6) is 0.00771. The lowest BCUT2D eigenvalue weighted by Gasteiger charge is -2.40. The van der Waals surface area contributed by atoms with Crippen molar-refractivity contribution in [3.05, 3.63) is 0 Å². The van der Waals surface area contributed by atoms with Crippen LogP contribution in [0.4, 0.5) is 0 Å². The molecule has 0 spiro atoms. The molecule has 1 amide bonds. The first-order chi connectivity index (χ1) is 10.6. The van der Waals surface area contributed by atoms with Gasteiger partial charge in [0, 0.05) is 38.8 Å². The standard InChI is InChI=1S/C17H30N2O3/c1-13(2)10-16(20)17(21)18-11-14-4-3-7-19(12-14)15-5-8-22-9-6-15/h13-15H,3-12H2,1-2H3,(H,18,21)/t14-/m1/s1. The number of nitrogens with one attached hydrogen (secondary N) is 1. The largest absolute Gasteiger partial charge is 0.381 e. The number of rotatable bonds is 6. The summed E-state index contributed by atoms with van der Waals surface area (Å²) in [5, 5.41) is 2.84. The molecule has 2 heterocycles. The van der Waals surface area contributed by atoms with Gasteiger partial charge in [0.1, 0.15) is 0 Å². The maximum atomic E-state index is 11.8. The van der Waals surface area contributed by atoms with Crippen LogP contribution in [-0.4, -0.2) is 55.5 Å². The van der Waals surface area contributed by atoms with Gasteiger partial charge >= 0.3 is 0 Å². The molecule has 0 aliphatic carbocycles. The molecule has 0 radical (unpaired) electrons. The zero-order valence-electron chi connectivity index (χ0n) is 14.0. The molecule has 2 aliphatic rings. The van der Waals surface area contributed by atoms with Gasteiger partial charge in [0.2, 0.25) is 5.78 Å². The normalized spacial score (nSPS) is 24.4. The maximum absolute atomic E-state index is 11.8. The van der Waals surface area contributed by atoms with Gasteiger partial charge in [-0.3, -0.25) is 14.5 Å². The average Bonchev–Trinajstić information content (AvgIpc) is 2.53. The molecule has 2 fully saturated rings. The van der Waals surface area contributed by atoms with Crippen LogP contribution in [-0.2, 0) is 14.3 Å². The van der Waals surface area contributed by atoms with Crippen molar-refractivity contribution in [3.8, 4) is 0 Å². The number of hydrogen-bond donors (Lipinski definition) is 1. The van der Waals surface area contributed by atoms with E-state index in [1.54, 1.807) is 0 Å². The van der Waals surface area contributed by atoms with Crippen LogP contribution in [0.15, 0.2) is 0 Å². The van der Waals surface area contributed by atoms with Crippen LogP contribution in [0.1, 0.15) is 46.0 Å². The monoisotopic (exact) mass is 310 g/mol. The fourth-order valence-corrected chi connectivity index (χ4v) is 3.44. The maximum Gasteiger partial charge on any atom is 0.287 e. The van der Waals surface area contributed by atoms with Gasteiger partial charge in [-0.05, 0) is 44.1 Å². The molecule has 0 aromatic rings. The third-order valence-corrected chi connectivity index (χ3v) is 4.66. The smallest absolute Gasteiger partial charge is 0.287 e. The molecule has 0 aromatic carbocycles. The predicted molar refractivity (Wildman–Crippen MR) is 85.6 cm³/mol. The first kappa shape index (κ1) is 17.4. The number of ether oxygens (including phenoxy) is 1. The number of carbonyl (C=O) groups is 2. The van der Waals surface area contributed by atoms with Crippen molar-refractivity contribution >= 4 is 11.7 Å². The van der Waals surface area contributed by atoms with Crippen LogP contribution in [0, 0.1) is 11.8 Å². The molecule has 0 saturated carbocycles. The molecule has 0 unspecified atom stereocenters. The fourth-order valence-electron chi connectivity index (χ4n) is 3.44. The molecule has 5 heteroatoms. The second kappa shape index (κ2) is 8.63. The lowest BCUT2D eigenvalue weighted by atomic mass is 9.94. The van der Waals surface area contributed by atoms with E-state index in [-0.39, 0.29) is 11.7 Å². The number of hydrogen-bond acceptors (Lipinski definition) is 4. The van der Waals surface area contributed by atoms with E-state index in [2.05, 4.69) is 10.2 Å². The molecule has 1 atom stereocenters. The minimum atomic E-state index is -0.406. The summed E-state index contributed by atoms with van der Waals surface area (Å²) in [5.41, 5.74) is 0. The summed E-state index contributed by atoms with van der Waals surface area (Å²) in [6, 6.07) is 0.634. The van der Waals surface area contributed by atoms with Gasteiger partial charge in [0.05, 0.1) is 0 Å². The zero-order chi connectivity index (χ0) is 15.9. The number of piperidine rings is 1. The molecule has 2 rings (SSSR count). The van der Waals surface area contributed by atoms with Gasteiger partial charge in [-0.15, -0.1) is 0 Å². The van der Waals surface area contributed by atoms with E-state index in [0.29, 0.717) is 24.9 Å². The van der Waals surface area contributed by atoms with Crippen molar-refractivity contribution in [1.29, 1.82) is 0 Å². The van der Waals surface area contributed by atoms with Crippen molar-refractivity contribution in [2.45, 2.75) is 52.0 Å². The van der Waals surface area contributed by atoms with Gasteiger partial charge < -0.3 is 10.1 Å². The summed E-state index contributed by atoms with van der Waals surface area (Å²) in [7, 11) is 0. The summed E-state index contributed by atoms with van der Waals surface area (Å²) in [6.07, 6.45) is 4.89. The van der Waals surface area contributed by atoms with E-state index in [1.807, 2.05) is 13.8 Å². The van der Waals surface area contributed by atoms with E-state index in [0.717, 1.165) is 45.6 Å². The van der Waals surface area contributed by atoms with Crippen LogP contribution in [0.2, 0.25) is 0 Å². The van der Waals surface area contributed by atoms with Crippen molar-refractivity contribution < 1.29 is 14.3 Å². The first-order valence-electron chi connectivity index (χ1n) is 8.69. The Morgan fingerprint density at radius 3 is 2.64 bits per heavy atom. The van der Waals surface area contributed by atoms with Crippen molar-refractivity contribution in [1.82, 2.24) is 10.2 Å². The van der Waals surface area contributed by atoms with Crippen LogP contribution in [0.5, 0.6) is 0 Å². The van der Waals surface area contributed by atoms with E-state index in [4.69, 9.17) is 4.74 Å². The van der Waals surface area contributed by atoms with Gasteiger partial charge in [-0.1, -0.05) is 13.8 Å². The van der Waals surface area contributed by atoms with E-state index >= 15 is 0 Å². The Bertz CT molecular complexity index is 378. The van der Waals surface area contributed by atoms with Crippen molar-refractivity contribution in [3.63, 3.8) is 0 Å².